The minimum atomic E-state index is -0.818. The molecule has 1 fully saturated rings. The summed E-state index contributed by atoms with van der Waals surface area (Å²) >= 11 is 12.4. The normalized spacial score (nSPS) is 17.7. The largest absolute Gasteiger partial charge is 0.507 e. The molecule has 9 heteroatoms. The van der Waals surface area contributed by atoms with Crippen LogP contribution in [0.1, 0.15) is 23.6 Å². The maximum absolute atomic E-state index is 13.0. The number of methoxy groups -OCH3 is 3. The number of benzene rings is 2. The summed E-state index contributed by atoms with van der Waals surface area (Å²) in [6.45, 7) is 0.679. The first-order valence-electron chi connectivity index (χ1n) is 9.78. The molecule has 0 saturated carbocycles. The van der Waals surface area contributed by atoms with Gasteiger partial charge >= 0.3 is 0 Å². The van der Waals surface area contributed by atoms with Crippen LogP contribution < -0.4 is 9.47 Å². The summed E-state index contributed by atoms with van der Waals surface area (Å²) < 4.78 is 15.5. The van der Waals surface area contributed by atoms with Gasteiger partial charge in [0.1, 0.15) is 11.5 Å². The number of aliphatic hydroxyl groups excluding tert-OH is 1. The van der Waals surface area contributed by atoms with E-state index >= 15 is 0 Å². The number of hydrogen-bond acceptors (Lipinski definition) is 6. The van der Waals surface area contributed by atoms with Crippen LogP contribution in [0, 0.1) is 0 Å². The molecule has 170 valence electrons. The van der Waals surface area contributed by atoms with Crippen LogP contribution >= 0.6 is 23.2 Å². The summed E-state index contributed by atoms with van der Waals surface area (Å²) in [7, 11) is 4.50. The highest BCUT2D eigenvalue weighted by Crippen LogP contribution is 2.42. The molecule has 1 atom stereocenters. The minimum absolute atomic E-state index is 0.0574. The van der Waals surface area contributed by atoms with E-state index in [0.717, 1.165) is 0 Å². The van der Waals surface area contributed by atoms with Gasteiger partial charge in [-0.25, -0.2) is 0 Å². The molecule has 0 bridgehead atoms. The maximum atomic E-state index is 13.0. The molecule has 1 heterocycles. The Morgan fingerprint density at radius 1 is 1.06 bits per heavy atom. The van der Waals surface area contributed by atoms with Crippen molar-refractivity contribution in [3.05, 3.63) is 63.1 Å². The molecule has 1 saturated heterocycles. The van der Waals surface area contributed by atoms with E-state index in [0.29, 0.717) is 24.3 Å². The quantitative estimate of drug-likeness (QED) is 0.260. The Bertz CT molecular complexity index is 1050. The number of halogens is 2. The number of nitrogens with zero attached hydrogens (tertiary/aromatic N) is 1. The molecular formula is C23H23Cl2NO6. The molecule has 0 spiro atoms. The number of carbonyl (C=O) groups is 2. The fraction of sp³-hybridized carbons (Fsp3) is 0.304. The zero-order valence-corrected chi connectivity index (χ0v) is 19.4. The highest BCUT2D eigenvalue weighted by Gasteiger charge is 2.46. The predicted molar refractivity (Wildman–Crippen MR) is 122 cm³/mol. The Morgan fingerprint density at radius 2 is 1.75 bits per heavy atom. The lowest BCUT2D eigenvalue weighted by atomic mass is 9.95. The fourth-order valence-electron chi connectivity index (χ4n) is 3.70. The van der Waals surface area contributed by atoms with E-state index in [1.807, 2.05) is 0 Å². The van der Waals surface area contributed by atoms with E-state index in [4.69, 9.17) is 37.4 Å². The van der Waals surface area contributed by atoms with Crippen LogP contribution in [0.15, 0.2) is 42.0 Å². The van der Waals surface area contributed by atoms with Gasteiger partial charge < -0.3 is 24.2 Å². The van der Waals surface area contributed by atoms with Gasteiger partial charge in [-0.3, -0.25) is 9.59 Å². The second-order valence-electron chi connectivity index (χ2n) is 7.09. The molecular weight excluding hydrogens is 457 g/mol. The van der Waals surface area contributed by atoms with E-state index in [-0.39, 0.29) is 39.2 Å². The Kier molecular flexibility index (Phi) is 7.66. The first kappa shape index (κ1) is 23.9. The minimum Gasteiger partial charge on any atom is -0.507 e. The second-order valence-corrected chi connectivity index (χ2v) is 7.90. The summed E-state index contributed by atoms with van der Waals surface area (Å²) in [5.41, 5.74) is 0.759. The van der Waals surface area contributed by atoms with Gasteiger partial charge in [0.25, 0.3) is 11.7 Å². The van der Waals surface area contributed by atoms with Crippen molar-refractivity contribution in [1.82, 2.24) is 4.90 Å². The first-order chi connectivity index (χ1) is 15.3. The summed E-state index contributed by atoms with van der Waals surface area (Å²) in [5, 5.41) is 11.5. The number of hydrogen-bond donors (Lipinski definition) is 1. The van der Waals surface area contributed by atoms with Crippen molar-refractivity contribution in [1.29, 1.82) is 0 Å². The molecule has 1 N–H and O–H groups in total. The molecule has 0 radical (unpaired) electrons. The Balaban J connectivity index is 2.18. The molecule has 1 unspecified atom stereocenters. The van der Waals surface area contributed by atoms with E-state index in [9.17, 15) is 14.7 Å². The first-order valence-corrected chi connectivity index (χ1v) is 10.5. The van der Waals surface area contributed by atoms with Crippen LogP contribution in [-0.4, -0.2) is 56.2 Å². The van der Waals surface area contributed by atoms with Crippen LogP contribution in [0.25, 0.3) is 5.76 Å². The third-order valence-electron chi connectivity index (χ3n) is 5.17. The smallest absolute Gasteiger partial charge is 0.295 e. The molecule has 2 aromatic carbocycles. The lowest BCUT2D eigenvalue weighted by molar-refractivity contribution is -0.140. The van der Waals surface area contributed by atoms with Crippen molar-refractivity contribution in [3.8, 4) is 11.5 Å². The van der Waals surface area contributed by atoms with E-state index in [2.05, 4.69) is 0 Å². The van der Waals surface area contributed by atoms with E-state index < -0.39 is 17.7 Å². The van der Waals surface area contributed by atoms with E-state index in [1.165, 1.54) is 31.3 Å². The number of aliphatic hydroxyl groups is 1. The summed E-state index contributed by atoms with van der Waals surface area (Å²) in [6, 6.07) is 9.05. The summed E-state index contributed by atoms with van der Waals surface area (Å²) in [6.07, 6.45) is 0.518. The number of ether oxygens (including phenoxy) is 3. The second kappa shape index (κ2) is 10.3. The van der Waals surface area contributed by atoms with Crippen molar-refractivity contribution in [2.75, 3.05) is 34.5 Å². The monoisotopic (exact) mass is 479 g/mol. The lowest BCUT2D eigenvalue weighted by Crippen LogP contribution is -2.31. The van der Waals surface area contributed by atoms with Gasteiger partial charge in [0.05, 0.1) is 35.9 Å². The van der Waals surface area contributed by atoms with Crippen molar-refractivity contribution >= 4 is 40.7 Å². The number of carbonyl (C=O) groups excluding carboxylic acids is 2. The highest BCUT2D eigenvalue weighted by atomic mass is 35.5. The molecule has 1 aliphatic rings. The Morgan fingerprint density at radius 3 is 2.34 bits per heavy atom. The van der Waals surface area contributed by atoms with Crippen LogP contribution in [0.2, 0.25) is 10.0 Å². The summed E-state index contributed by atoms with van der Waals surface area (Å²) in [5.74, 6) is -1.08. The average Bonchev–Trinajstić information content (AvgIpc) is 3.03. The zero-order valence-electron chi connectivity index (χ0n) is 17.9. The Hall–Kier alpha value is -2.74. The number of rotatable bonds is 8. The third kappa shape index (κ3) is 4.55. The van der Waals surface area contributed by atoms with Gasteiger partial charge in [-0.15, -0.1) is 0 Å². The highest BCUT2D eigenvalue weighted by molar-refractivity contribution is 6.46. The van der Waals surface area contributed by atoms with Gasteiger partial charge in [0.15, 0.2) is 5.75 Å². The topological polar surface area (TPSA) is 85.3 Å². The third-order valence-corrected chi connectivity index (χ3v) is 5.73. The average molecular weight is 480 g/mol. The molecule has 0 aliphatic carbocycles. The molecule has 0 aromatic heterocycles. The predicted octanol–water partition coefficient (Wildman–Crippen LogP) is 4.47. The number of likely N-dealkylation sites (tertiary alicyclic amines) is 1. The van der Waals surface area contributed by atoms with Crippen LogP contribution in [0.4, 0.5) is 0 Å². The molecule has 1 aliphatic heterocycles. The Labute approximate surface area is 196 Å². The molecule has 2 aromatic rings. The number of amides is 1. The fourth-order valence-corrected chi connectivity index (χ4v) is 4.34. The van der Waals surface area contributed by atoms with Crippen molar-refractivity contribution in [2.45, 2.75) is 12.5 Å². The van der Waals surface area contributed by atoms with Crippen molar-refractivity contribution < 1.29 is 28.9 Å². The molecule has 32 heavy (non-hydrogen) atoms. The molecule has 1 amide bonds. The van der Waals surface area contributed by atoms with Crippen LogP contribution in [0.5, 0.6) is 11.5 Å². The van der Waals surface area contributed by atoms with E-state index in [1.54, 1.807) is 31.4 Å². The van der Waals surface area contributed by atoms with Gasteiger partial charge in [-0.1, -0.05) is 35.3 Å². The number of ketones is 1. The van der Waals surface area contributed by atoms with Gasteiger partial charge in [0, 0.05) is 25.8 Å². The number of Topliss-reactive ketones (excluding diaryl/α,β-unsaturated/α-hetero) is 1. The summed E-state index contributed by atoms with van der Waals surface area (Å²) in [4.78, 5) is 27.4. The zero-order chi connectivity index (χ0) is 23.4. The van der Waals surface area contributed by atoms with Gasteiger partial charge in [-0.2, -0.15) is 0 Å². The SMILES string of the molecule is COCCCN1C(=O)C(=O)/C(=C(/O)c2cc(Cl)c(OC)c(Cl)c2)C1c1cccc(OC)c1. The van der Waals surface area contributed by atoms with Gasteiger partial charge in [-0.05, 0) is 36.2 Å². The molecule has 3 rings (SSSR count). The van der Waals surface area contributed by atoms with Crippen LogP contribution in [-0.2, 0) is 14.3 Å². The standard InChI is InChI=1S/C23H23Cl2NO6/c1-30-9-5-8-26-19(13-6-4-7-15(10-13)31-2)18(21(28)23(26)29)20(27)14-11-16(24)22(32-3)17(25)12-14/h4,6-7,10-12,19,27H,5,8-9H2,1-3H3/b20-18+. The molecule has 7 nitrogen and oxygen atoms in total. The van der Waals surface area contributed by atoms with Crippen LogP contribution in [0.3, 0.4) is 0 Å². The van der Waals surface area contributed by atoms with Gasteiger partial charge in [0.2, 0.25) is 0 Å². The lowest BCUT2D eigenvalue weighted by Gasteiger charge is -2.25. The maximum Gasteiger partial charge on any atom is 0.295 e. The van der Waals surface area contributed by atoms with Crippen molar-refractivity contribution in [3.63, 3.8) is 0 Å². The van der Waals surface area contributed by atoms with Crippen molar-refractivity contribution in [2.24, 2.45) is 0 Å².